The SMILES string of the molecule is [2H]c1c([2H])c([2H])c(N(c2ccc(-c3cccc(-c4cccc(-c5ccc(N(c6ccc(C7C=CC=CC7)cc6)c6c([2H])c([2H])c([2H])c([2H])c6[2H])cc5)c4)c3)cc2)c2ccc(C3C=CC=CC3)cc2)c([2H])c1[2H]. The van der Waals surface area contributed by atoms with E-state index in [4.69, 9.17) is 13.7 Å². The van der Waals surface area contributed by atoms with Crippen molar-refractivity contribution in [2.45, 2.75) is 24.7 Å². The Morgan fingerprint density at radius 3 is 1.02 bits per heavy atom. The van der Waals surface area contributed by atoms with Crippen LogP contribution in [0, 0.1) is 0 Å². The summed E-state index contributed by atoms with van der Waals surface area (Å²) in [6.45, 7) is 0. The zero-order valence-corrected chi connectivity index (χ0v) is 33.9. The summed E-state index contributed by atoms with van der Waals surface area (Å²) in [6.07, 6.45) is 18.5. The number of hydrogen-bond donors (Lipinski definition) is 0. The molecule has 0 bridgehead atoms. The Hall–Kier alpha value is -7.68. The first-order chi connectivity index (χ1) is 34.9. The van der Waals surface area contributed by atoms with Gasteiger partial charge in [-0.15, -0.1) is 0 Å². The molecule has 8 aromatic rings. The molecule has 0 heterocycles. The predicted octanol–water partition coefficient (Wildman–Crippen LogP) is 16.8. The summed E-state index contributed by atoms with van der Waals surface area (Å²) < 4.78 is 86.1. The molecule has 0 aliphatic heterocycles. The second kappa shape index (κ2) is 17.9. The average molecular weight is 807 g/mol. The van der Waals surface area contributed by atoms with Crippen LogP contribution in [-0.4, -0.2) is 0 Å². The largest absolute Gasteiger partial charge is 0.311 e. The Balaban J connectivity index is 0.947. The molecule has 0 N–H and O–H groups in total. The fraction of sp³-hybridized carbons (Fsp3) is 0.0667. The van der Waals surface area contributed by atoms with Gasteiger partial charge in [-0.25, -0.2) is 0 Å². The molecule has 2 aliphatic rings. The summed E-state index contributed by atoms with van der Waals surface area (Å²) in [5.41, 5.74) is 10.8. The summed E-state index contributed by atoms with van der Waals surface area (Å²) in [4.78, 5) is 3.47. The van der Waals surface area contributed by atoms with Crippen LogP contribution in [0.4, 0.5) is 34.1 Å². The van der Waals surface area contributed by atoms with Gasteiger partial charge in [0.05, 0.1) is 13.7 Å². The lowest BCUT2D eigenvalue weighted by Gasteiger charge is -2.26. The van der Waals surface area contributed by atoms with E-state index in [9.17, 15) is 0 Å². The molecule has 0 amide bonds. The Morgan fingerprint density at radius 1 is 0.339 bits per heavy atom. The highest BCUT2D eigenvalue weighted by atomic mass is 15.1. The third-order valence-electron chi connectivity index (χ3n) is 11.5. The molecule has 0 saturated heterocycles. The molecule has 2 nitrogen and oxygen atoms in total. The fourth-order valence-electron chi connectivity index (χ4n) is 8.28. The molecule has 62 heavy (non-hydrogen) atoms. The second-order valence-electron chi connectivity index (χ2n) is 15.4. The number of nitrogens with zero attached hydrogens (tertiary/aromatic N) is 2. The van der Waals surface area contributed by atoms with E-state index in [1.807, 2.05) is 146 Å². The van der Waals surface area contributed by atoms with Crippen molar-refractivity contribution in [2.24, 2.45) is 0 Å². The molecule has 0 aromatic heterocycles. The normalized spacial score (nSPS) is 17.6. The van der Waals surface area contributed by atoms with Crippen LogP contribution in [0.1, 0.15) is 49.5 Å². The van der Waals surface area contributed by atoms with Crippen LogP contribution < -0.4 is 9.80 Å². The quantitative estimate of drug-likeness (QED) is 0.128. The molecule has 0 fully saturated rings. The van der Waals surface area contributed by atoms with Crippen LogP contribution in [-0.2, 0) is 0 Å². The predicted molar refractivity (Wildman–Crippen MR) is 263 cm³/mol. The van der Waals surface area contributed by atoms with E-state index in [2.05, 4.69) is 48.6 Å². The van der Waals surface area contributed by atoms with E-state index in [0.717, 1.165) is 57.3 Å². The average Bonchev–Trinajstić information content (AvgIpc) is 3.44. The molecule has 0 radical (unpaired) electrons. The van der Waals surface area contributed by atoms with Crippen molar-refractivity contribution in [1.82, 2.24) is 0 Å². The topological polar surface area (TPSA) is 6.48 Å². The van der Waals surface area contributed by atoms with Crippen molar-refractivity contribution in [2.75, 3.05) is 9.80 Å². The molecule has 2 heteroatoms. The first-order valence-electron chi connectivity index (χ1n) is 25.9. The van der Waals surface area contributed by atoms with Gasteiger partial charge in [-0.2, -0.15) is 0 Å². The van der Waals surface area contributed by atoms with E-state index in [-0.39, 0.29) is 47.4 Å². The third-order valence-corrected chi connectivity index (χ3v) is 11.5. The highest BCUT2D eigenvalue weighted by molar-refractivity contribution is 5.82. The molecule has 0 saturated carbocycles. The molecule has 2 atom stereocenters. The smallest absolute Gasteiger partial charge is 0.0645 e. The standard InChI is InChI=1S/C60H48N2/c1-5-15-45(16-6-1)47-27-35-57(36-28-47)61(55-23-9-3-10-24-55)59-39-31-49(32-40-59)51-19-13-21-53(43-51)54-22-14-20-52(44-54)50-33-41-60(42-34-50)62(56-25-11-4-12-26-56)58-37-29-48(30-38-58)46-17-7-2-8-18-46/h1-15,17,19-46H,16,18H2/i3D,4D,9D,10D,11D,12D,23D,24D,25D,26D. The maximum atomic E-state index is 8.91. The van der Waals surface area contributed by atoms with Crippen LogP contribution in [0.3, 0.4) is 0 Å². The van der Waals surface area contributed by atoms with Crippen LogP contribution in [0.25, 0.3) is 33.4 Å². The first-order valence-corrected chi connectivity index (χ1v) is 20.9. The van der Waals surface area contributed by atoms with Crippen molar-refractivity contribution >= 4 is 34.1 Å². The van der Waals surface area contributed by atoms with E-state index in [0.29, 0.717) is 22.7 Å². The number of rotatable bonds is 11. The molecule has 298 valence electrons. The van der Waals surface area contributed by atoms with Crippen LogP contribution in [0.5, 0.6) is 0 Å². The molecule has 2 aliphatic carbocycles. The van der Waals surface area contributed by atoms with Gasteiger partial charge < -0.3 is 9.80 Å². The number of para-hydroxylation sites is 2. The zero-order chi connectivity index (χ0) is 50.2. The Morgan fingerprint density at radius 2 is 0.677 bits per heavy atom. The van der Waals surface area contributed by atoms with Gasteiger partial charge in [0.2, 0.25) is 0 Å². The number of anilines is 6. The maximum Gasteiger partial charge on any atom is 0.0645 e. The minimum atomic E-state index is -0.444. The van der Waals surface area contributed by atoms with Gasteiger partial charge in [-0.05, 0) is 142 Å². The molecular formula is C60H48N2. The highest BCUT2D eigenvalue weighted by Crippen LogP contribution is 2.39. The van der Waals surface area contributed by atoms with Crippen molar-refractivity contribution in [3.8, 4) is 33.4 Å². The minimum Gasteiger partial charge on any atom is -0.311 e. The molecule has 2 unspecified atom stereocenters. The van der Waals surface area contributed by atoms with Gasteiger partial charge in [0.25, 0.3) is 0 Å². The highest BCUT2D eigenvalue weighted by Gasteiger charge is 2.17. The van der Waals surface area contributed by atoms with E-state index in [1.165, 1.54) is 0 Å². The van der Waals surface area contributed by atoms with Crippen molar-refractivity contribution in [3.63, 3.8) is 0 Å². The lowest BCUT2D eigenvalue weighted by molar-refractivity contribution is 0.854. The number of allylic oxidation sites excluding steroid dienone is 8. The van der Waals surface area contributed by atoms with Crippen molar-refractivity contribution < 1.29 is 13.7 Å². The summed E-state index contributed by atoms with van der Waals surface area (Å²) in [6, 6.07) is 44.3. The maximum absolute atomic E-state index is 8.91. The lowest BCUT2D eigenvalue weighted by Crippen LogP contribution is -2.10. The minimum absolute atomic E-state index is 0.0699. The molecule has 8 aromatic carbocycles. The van der Waals surface area contributed by atoms with Gasteiger partial charge in [0.1, 0.15) is 0 Å². The zero-order valence-electron chi connectivity index (χ0n) is 43.9. The molecule has 0 spiro atoms. The summed E-state index contributed by atoms with van der Waals surface area (Å²) >= 11 is 0. The van der Waals surface area contributed by atoms with Crippen LogP contribution >= 0.6 is 0 Å². The van der Waals surface area contributed by atoms with Crippen molar-refractivity contribution in [1.29, 1.82) is 0 Å². The Bertz CT molecular complexity index is 3180. The Labute approximate surface area is 380 Å². The first kappa shape index (κ1) is 28.7. The van der Waals surface area contributed by atoms with Gasteiger partial charge >= 0.3 is 0 Å². The van der Waals surface area contributed by atoms with Gasteiger partial charge in [-0.1, -0.05) is 170 Å². The van der Waals surface area contributed by atoms with Crippen molar-refractivity contribution in [3.05, 3.63) is 266 Å². The van der Waals surface area contributed by atoms with Gasteiger partial charge in [0, 0.05) is 46.0 Å². The summed E-state index contributed by atoms with van der Waals surface area (Å²) in [5.74, 6) is 0.457. The second-order valence-corrected chi connectivity index (χ2v) is 15.4. The summed E-state index contributed by atoms with van der Waals surface area (Å²) in [7, 11) is 0. The monoisotopic (exact) mass is 806 g/mol. The summed E-state index contributed by atoms with van der Waals surface area (Å²) in [5, 5.41) is 0. The third kappa shape index (κ3) is 8.37. The van der Waals surface area contributed by atoms with Crippen LogP contribution in [0.2, 0.25) is 0 Å². The van der Waals surface area contributed by atoms with E-state index >= 15 is 0 Å². The Kier molecular flexibility index (Phi) is 8.29. The van der Waals surface area contributed by atoms with E-state index in [1.54, 1.807) is 9.80 Å². The number of hydrogen-bond acceptors (Lipinski definition) is 2. The van der Waals surface area contributed by atoms with Gasteiger partial charge in [0.15, 0.2) is 0 Å². The lowest BCUT2D eigenvalue weighted by atomic mass is 9.92. The van der Waals surface area contributed by atoms with E-state index < -0.39 is 36.3 Å². The molecule has 10 rings (SSSR count). The van der Waals surface area contributed by atoms with Gasteiger partial charge in [-0.3, -0.25) is 0 Å². The molecular weight excluding hydrogens is 749 g/mol. The number of benzene rings is 8. The van der Waals surface area contributed by atoms with Crippen LogP contribution in [0.15, 0.2) is 255 Å². The fourth-order valence-corrected chi connectivity index (χ4v) is 8.28.